The fourth-order valence-corrected chi connectivity index (χ4v) is 4.18. The Morgan fingerprint density at radius 3 is 2.46 bits per heavy atom. The first kappa shape index (κ1) is 27.2. The number of amides is 4. The second-order valence-corrected chi connectivity index (χ2v) is 8.81. The zero-order valence-corrected chi connectivity index (χ0v) is 21.5. The highest BCUT2D eigenvalue weighted by molar-refractivity contribution is 6.42. The first-order chi connectivity index (χ1) is 18.7. The highest BCUT2D eigenvalue weighted by atomic mass is 35.5. The van der Waals surface area contributed by atoms with Gasteiger partial charge in [0.25, 0.3) is 11.8 Å². The summed E-state index contributed by atoms with van der Waals surface area (Å²) in [5.41, 5.74) is 1.90. The van der Waals surface area contributed by atoms with Crippen LogP contribution < -0.4 is 19.7 Å². The normalized spacial score (nSPS) is 14.3. The first-order valence-electron chi connectivity index (χ1n) is 11.7. The molecule has 1 saturated heterocycles. The van der Waals surface area contributed by atoms with Crippen LogP contribution in [0.4, 0.5) is 10.5 Å². The number of barbiturate groups is 1. The summed E-state index contributed by atoms with van der Waals surface area (Å²) in [6.07, 6.45) is 3.40. The maximum absolute atomic E-state index is 13.3. The van der Waals surface area contributed by atoms with Crippen LogP contribution in [0, 0.1) is 0 Å². The molecule has 0 aromatic heterocycles. The lowest BCUT2D eigenvalue weighted by molar-refractivity contribution is -0.122. The quantitative estimate of drug-likeness (QED) is 0.219. The van der Waals surface area contributed by atoms with Gasteiger partial charge in [0, 0.05) is 5.56 Å². The van der Waals surface area contributed by atoms with Crippen molar-refractivity contribution in [3.63, 3.8) is 0 Å². The number of benzene rings is 3. The smallest absolute Gasteiger partial charge is 0.335 e. The van der Waals surface area contributed by atoms with Gasteiger partial charge in [-0.05, 0) is 60.0 Å². The summed E-state index contributed by atoms with van der Waals surface area (Å²) < 4.78 is 11.6. The highest BCUT2D eigenvalue weighted by Gasteiger charge is 2.37. The maximum Gasteiger partial charge on any atom is 0.335 e. The van der Waals surface area contributed by atoms with Crippen LogP contribution in [-0.2, 0) is 22.6 Å². The van der Waals surface area contributed by atoms with Crippen LogP contribution in [0.3, 0.4) is 0 Å². The average Bonchev–Trinajstić information content (AvgIpc) is 2.91. The van der Waals surface area contributed by atoms with E-state index in [4.69, 9.17) is 26.2 Å². The Balaban J connectivity index is 1.68. The summed E-state index contributed by atoms with van der Waals surface area (Å²) in [6.45, 7) is 3.92. The summed E-state index contributed by atoms with van der Waals surface area (Å²) in [5, 5.41) is 11.4. The van der Waals surface area contributed by atoms with E-state index in [0.29, 0.717) is 29.0 Å². The second-order valence-electron chi connectivity index (χ2n) is 8.40. The highest BCUT2D eigenvalue weighted by Crippen LogP contribution is 2.36. The number of halogens is 1. The molecular weight excluding hydrogens is 524 g/mol. The van der Waals surface area contributed by atoms with Gasteiger partial charge in [0.2, 0.25) is 0 Å². The predicted octanol–water partition coefficient (Wildman–Crippen LogP) is 5.02. The van der Waals surface area contributed by atoms with Crippen LogP contribution >= 0.6 is 11.6 Å². The number of nitrogens with one attached hydrogen (secondary N) is 1. The Morgan fingerprint density at radius 2 is 1.82 bits per heavy atom. The molecular formula is C29H23ClN2O7. The van der Waals surface area contributed by atoms with E-state index >= 15 is 0 Å². The number of hydrogen-bond acceptors (Lipinski definition) is 6. The van der Waals surface area contributed by atoms with Crippen LogP contribution in [0.2, 0.25) is 5.02 Å². The Morgan fingerprint density at radius 1 is 1.10 bits per heavy atom. The molecule has 1 fully saturated rings. The summed E-state index contributed by atoms with van der Waals surface area (Å²) in [7, 11) is 1.45. The van der Waals surface area contributed by atoms with Crippen LogP contribution in [0.1, 0.15) is 27.0 Å². The summed E-state index contributed by atoms with van der Waals surface area (Å²) in [4.78, 5) is 50.3. The van der Waals surface area contributed by atoms with Crippen molar-refractivity contribution in [1.29, 1.82) is 0 Å². The lowest BCUT2D eigenvalue weighted by Gasteiger charge is -2.27. The number of urea groups is 1. The Bertz CT molecular complexity index is 1510. The lowest BCUT2D eigenvalue weighted by Crippen LogP contribution is -2.54. The van der Waals surface area contributed by atoms with Crippen LogP contribution in [0.5, 0.6) is 11.5 Å². The second kappa shape index (κ2) is 11.7. The fraction of sp³-hybridized carbons (Fsp3) is 0.103. The number of anilines is 1. The molecule has 1 aliphatic heterocycles. The molecule has 4 amide bonds. The summed E-state index contributed by atoms with van der Waals surface area (Å²) in [6, 6.07) is 15.0. The van der Waals surface area contributed by atoms with E-state index in [1.165, 1.54) is 37.5 Å². The molecule has 10 heteroatoms. The van der Waals surface area contributed by atoms with E-state index in [0.717, 1.165) is 10.5 Å². The molecule has 0 bridgehead atoms. The third-order valence-corrected chi connectivity index (χ3v) is 6.15. The molecule has 0 aliphatic carbocycles. The van der Waals surface area contributed by atoms with Gasteiger partial charge >= 0.3 is 12.0 Å². The van der Waals surface area contributed by atoms with Gasteiger partial charge in [-0.2, -0.15) is 0 Å². The number of nitrogens with zero attached hydrogens (tertiary/aromatic N) is 1. The molecule has 3 aromatic carbocycles. The molecule has 39 heavy (non-hydrogen) atoms. The minimum Gasteiger partial charge on any atom is -0.493 e. The van der Waals surface area contributed by atoms with Crippen molar-refractivity contribution in [2.24, 2.45) is 0 Å². The number of carbonyl (C=O) groups is 4. The van der Waals surface area contributed by atoms with Crippen LogP contribution in [0.25, 0.3) is 6.08 Å². The number of rotatable bonds is 9. The molecule has 0 unspecified atom stereocenters. The van der Waals surface area contributed by atoms with Gasteiger partial charge in [-0.1, -0.05) is 41.9 Å². The molecule has 0 saturated carbocycles. The predicted molar refractivity (Wildman–Crippen MR) is 145 cm³/mol. The van der Waals surface area contributed by atoms with E-state index in [2.05, 4.69) is 11.9 Å². The van der Waals surface area contributed by atoms with E-state index in [1.54, 1.807) is 42.5 Å². The minimum atomic E-state index is -1.02. The maximum atomic E-state index is 13.3. The van der Waals surface area contributed by atoms with Gasteiger partial charge in [-0.25, -0.2) is 14.5 Å². The average molecular weight is 547 g/mol. The van der Waals surface area contributed by atoms with Gasteiger partial charge in [0.1, 0.15) is 12.2 Å². The van der Waals surface area contributed by atoms with E-state index in [9.17, 15) is 19.2 Å². The van der Waals surface area contributed by atoms with Crippen molar-refractivity contribution in [3.8, 4) is 11.5 Å². The molecule has 2 N–H and O–H groups in total. The SMILES string of the molecule is C=CCc1cc(/C=C2\C(=O)NC(=O)N(c3ccccc3Cl)C2=O)cc(OC)c1OCc1ccc(C(=O)O)cc1. The monoisotopic (exact) mass is 546 g/mol. The Labute approximate surface area is 228 Å². The first-order valence-corrected chi connectivity index (χ1v) is 12.0. The number of ether oxygens (including phenoxy) is 2. The van der Waals surface area contributed by atoms with Gasteiger partial charge in [-0.3, -0.25) is 14.9 Å². The molecule has 1 aliphatic rings. The standard InChI is InChI=1S/C29H23ClN2O7/c1-3-6-20-13-18(15-24(38-2)25(20)39-16-17-9-11-19(12-10-17)28(35)36)14-21-26(33)31-29(37)32(27(21)34)23-8-5-4-7-22(23)30/h3-5,7-15H,1,6,16H2,2H3,(H,35,36)(H,31,33,37)/b21-14+. The Hall–Kier alpha value is -4.89. The number of hydrogen-bond donors (Lipinski definition) is 2. The van der Waals surface area contributed by atoms with Crippen LogP contribution in [0.15, 0.2) is 78.9 Å². The van der Waals surface area contributed by atoms with Gasteiger partial charge in [0.15, 0.2) is 11.5 Å². The van der Waals surface area contributed by atoms with Crippen molar-refractivity contribution in [3.05, 3.63) is 106 Å². The molecule has 0 radical (unpaired) electrons. The molecule has 0 atom stereocenters. The minimum absolute atomic E-state index is 0.136. The molecule has 1 heterocycles. The topological polar surface area (TPSA) is 122 Å². The van der Waals surface area contributed by atoms with Gasteiger partial charge < -0.3 is 14.6 Å². The third kappa shape index (κ3) is 5.83. The number of para-hydroxylation sites is 1. The van der Waals surface area contributed by atoms with Crippen molar-refractivity contribution in [2.75, 3.05) is 12.0 Å². The Kier molecular flexibility index (Phi) is 8.12. The van der Waals surface area contributed by atoms with E-state index in [-0.39, 0.29) is 28.5 Å². The van der Waals surface area contributed by atoms with Crippen molar-refractivity contribution in [2.45, 2.75) is 13.0 Å². The van der Waals surface area contributed by atoms with Crippen molar-refractivity contribution < 1.29 is 33.8 Å². The van der Waals surface area contributed by atoms with Crippen LogP contribution in [-0.4, -0.2) is 36.0 Å². The number of carboxylic acid groups (broad SMARTS) is 1. The molecule has 198 valence electrons. The molecule has 0 spiro atoms. The molecule has 4 rings (SSSR count). The van der Waals surface area contributed by atoms with Crippen molar-refractivity contribution in [1.82, 2.24) is 5.32 Å². The number of methoxy groups -OCH3 is 1. The zero-order chi connectivity index (χ0) is 28.1. The number of carbonyl (C=O) groups excluding carboxylic acids is 3. The largest absolute Gasteiger partial charge is 0.493 e. The third-order valence-electron chi connectivity index (χ3n) is 5.83. The van der Waals surface area contributed by atoms with Gasteiger partial charge in [-0.15, -0.1) is 6.58 Å². The summed E-state index contributed by atoms with van der Waals surface area (Å²) in [5.74, 6) is -1.93. The summed E-state index contributed by atoms with van der Waals surface area (Å²) >= 11 is 6.20. The van der Waals surface area contributed by atoms with E-state index in [1.807, 2.05) is 0 Å². The number of imide groups is 2. The van der Waals surface area contributed by atoms with Gasteiger partial charge in [0.05, 0.1) is 23.4 Å². The van der Waals surface area contributed by atoms with E-state index < -0.39 is 23.8 Å². The lowest BCUT2D eigenvalue weighted by atomic mass is 10.0. The molecule has 9 nitrogen and oxygen atoms in total. The fourth-order valence-electron chi connectivity index (χ4n) is 3.96. The number of allylic oxidation sites excluding steroid dienone is 1. The molecule has 3 aromatic rings. The number of aromatic carboxylic acids is 1. The van der Waals surface area contributed by atoms with Crippen molar-refractivity contribution >= 4 is 47.2 Å². The zero-order valence-electron chi connectivity index (χ0n) is 20.8. The number of carboxylic acids is 1.